The fourth-order valence-electron chi connectivity index (χ4n) is 4.46. The second-order valence-electron chi connectivity index (χ2n) is 9.03. The third-order valence-corrected chi connectivity index (χ3v) is 7.64. The maximum atomic E-state index is 11.8. The van der Waals surface area contributed by atoms with E-state index in [-0.39, 0.29) is 29.3 Å². The molecule has 1 fully saturated rings. The Labute approximate surface area is 199 Å². The van der Waals surface area contributed by atoms with Crippen molar-refractivity contribution in [2.75, 3.05) is 12.4 Å². The molecule has 0 aliphatic heterocycles. The number of ether oxygens (including phenoxy) is 1. The molecule has 2 N–H and O–H groups in total. The predicted octanol–water partition coefficient (Wildman–Crippen LogP) is 6.52. The van der Waals surface area contributed by atoms with Gasteiger partial charge in [-0.3, -0.25) is 9.59 Å². The molecule has 5 nitrogen and oxygen atoms in total. The van der Waals surface area contributed by atoms with Crippen LogP contribution in [0.1, 0.15) is 110 Å². The first-order valence-electron chi connectivity index (χ1n) is 12.9. The number of hydrogen-bond donors (Lipinski definition) is 2. The molecule has 0 aromatic carbocycles. The van der Waals surface area contributed by atoms with Crippen LogP contribution in [-0.2, 0) is 14.3 Å². The smallest absolute Gasteiger partial charge is 0.315 e. The second kappa shape index (κ2) is 18.4. The molecule has 0 radical (unpaired) electrons. The molecule has 1 aliphatic rings. The van der Waals surface area contributed by atoms with Crippen LogP contribution in [0.2, 0.25) is 0 Å². The van der Waals surface area contributed by atoms with E-state index in [1.165, 1.54) is 81.5 Å². The Bertz CT molecular complexity index is 548. The highest BCUT2D eigenvalue weighted by Crippen LogP contribution is 2.38. The predicted molar refractivity (Wildman–Crippen MR) is 133 cm³/mol. The van der Waals surface area contributed by atoms with Crippen LogP contribution in [0.3, 0.4) is 0 Å². The second-order valence-corrected chi connectivity index (χ2v) is 10.2. The Morgan fingerprint density at radius 1 is 1.00 bits per heavy atom. The third-order valence-electron chi connectivity index (χ3n) is 6.30. The molecule has 0 saturated heterocycles. The quantitative estimate of drug-likeness (QED) is 0.135. The van der Waals surface area contributed by atoms with Crippen LogP contribution < -0.4 is 0 Å². The Kier molecular flexibility index (Phi) is 16.7. The average Bonchev–Trinajstić information content (AvgIpc) is 2.75. The fourth-order valence-corrected chi connectivity index (χ4v) is 5.71. The van der Waals surface area contributed by atoms with Gasteiger partial charge in [0.15, 0.2) is 0 Å². The van der Waals surface area contributed by atoms with Gasteiger partial charge in [0.2, 0.25) is 0 Å². The highest BCUT2D eigenvalue weighted by Gasteiger charge is 2.36. The number of allylic oxidation sites excluding steroid dienone is 1. The van der Waals surface area contributed by atoms with Crippen molar-refractivity contribution in [1.82, 2.24) is 0 Å². The lowest BCUT2D eigenvalue weighted by atomic mass is 9.80. The summed E-state index contributed by atoms with van der Waals surface area (Å²) in [4.78, 5) is 22.9. The van der Waals surface area contributed by atoms with Crippen molar-refractivity contribution in [3.63, 3.8) is 0 Å². The number of aliphatic carboxylic acids is 1. The standard InChI is InChI=1S/C26H46O5S/c1-3-5-6-7-8-9-10-11-12-13-14-15-16-21-17-18-22(19-23(27)28)25(30)26(21)32-20-24(29)31-4-2/h16,22,25-26,30H,3-15,17-20H2,1-2H3,(H,27,28)/b21-16+/t22-,25+,26+/m1/s1. The summed E-state index contributed by atoms with van der Waals surface area (Å²) in [6.45, 7) is 4.38. The van der Waals surface area contributed by atoms with E-state index in [4.69, 9.17) is 9.84 Å². The fraction of sp³-hybridized carbons (Fsp3) is 0.846. The molecule has 0 heterocycles. The number of carbonyl (C=O) groups excluding carboxylic acids is 1. The van der Waals surface area contributed by atoms with Gasteiger partial charge in [0.25, 0.3) is 0 Å². The number of carboxylic acids is 1. The molecular weight excluding hydrogens is 424 g/mol. The van der Waals surface area contributed by atoms with Gasteiger partial charge in [0.05, 0.1) is 30.1 Å². The normalized spacial score (nSPS) is 22.2. The zero-order valence-electron chi connectivity index (χ0n) is 20.4. The molecule has 0 spiro atoms. The molecule has 1 aliphatic carbocycles. The van der Waals surface area contributed by atoms with Crippen LogP contribution in [0, 0.1) is 5.92 Å². The summed E-state index contributed by atoms with van der Waals surface area (Å²) in [7, 11) is 0. The molecule has 0 amide bonds. The molecule has 1 saturated carbocycles. The van der Waals surface area contributed by atoms with Crippen molar-refractivity contribution in [2.45, 2.75) is 122 Å². The van der Waals surface area contributed by atoms with Gasteiger partial charge in [-0.25, -0.2) is 0 Å². The van der Waals surface area contributed by atoms with Gasteiger partial charge in [-0.15, -0.1) is 11.8 Å². The summed E-state index contributed by atoms with van der Waals surface area (Å²) in [6.07, 6.45) is 18.4. The van der Waals surface area contributed by atoms with E-state index < -0.39 is 12.1 Å². The van der Waals surface area contributed by atoms with Crippen LogP contribution >= 0.6 is 11.8 Å². The van der Waals surface area contributed by atoms with Gasteiger partial charge in [0.1, 0.15) is 0 Å². The van der Waals surface area contributed by atoms with Crippen molar-refractivity contribution >= 4 is 23.7 Å². The summed E-state index contributed by atoms with van der Waals surface area (Å²) >= 11 is 1.39. The van der Waals surface area contributed by atoms with E-state index in [0.717, 1.165) is 19.3 Å². The summed E-state index contributed by atoms with van der Waals surface area (Å²) in [6, 6.07) is 0. The minimum atomic E-state index is -0.878. The lowest BCUT2D eigenvalue weighted by Gasteiger charge is -2.36. The van der Waals surface area contributed by atoms with Gasteiger partial charge in [-0.05, 0) is 38.5 Å². The molecule has 6 heteroatoms. The highest BCUT2D eigenvalue weighted by molar-refractivity contribution is 8.00. The molecule has 0 aromatic rings. The first-order valence-corrected chi connectivity index (χ1v) is 13.9. The Morgan fingerprint density at radius 3 is 2.16 bits per heavy atom. The van der Waals surface area contributed by atoms with E-state index in [1.807, 2.05) is 0 Å². The van der Waals surface area contributed by atoms with E-state index in [9.17, 15) is 14.7 Å². The van der Waals surface area contributed by atoms with E-state index in [0.29, 0.717) is 13.0 Å². The molecule has 0 unspecified atom stereocenters. The number of rotatable bonds is 18. The summed E-state index contributed by atoms with van der Waals surface area (Å²) < 4.78 is 5.02. The molecule has 186 valence electrons. The Morgan fingerprint density at radius 2 is 1.59 bits per heavy atom. The molecule has 3 atom stereocenters. The molecule has 0 bridgehead atoms. The zero-order valence-corrected chi connectivity index (χ0v) is 21.2. The lowest BCUT2D eigenvalue weighted by Crippen LogP contribution is -2.39. The van der Waals surface area contributed by atoms with Crippen LogP contribution in [0.15, 0.2) is 11.6 Å². The van der Waals surface area contributed by atoms with Crippen molar-refractivity contribution in [1.29, 1.82) is 0 Å². The molecular formula is C26H46O5S. The zero-order chi connectivity index (χ0) is 23.6. The number of esters is 1. The van der Waals surface area contributed by atoms with Crippen molar-refractivity contribution in [3.8, 4) is 0 Å². The van der Waals surface area contributed by atoms with Crippen LogP contribution in [-0.4, -0.2) is 45.9 Å². The van der Waals surface area contributed by atoms with Gasteiger partial charge in [-0.2, -0.15) is 0 Å². The lowest BCUT2D eigenvalue weighted by molar-refractivity contribution is -0.140. The SMILES string of the molecule is CCCCCCCCCCCCC/C=C1\CC[C@H](CC(=O)O)[C@H](O)[C@H]1SCC(=O)OCC. The molecule has 1 rings (SSSR count). The summed E-state index contributed by atoms with van der Waals surface area (Å²) in [5.74, 6) is -1.23. The highest BCUT2D eigenvalue weighted by atomic mass is 32.2. The van der Waals surface area contributed by atoms with E-state index in [1.54, 1.807) is 6.92 Å². The maximum absolute atomic E-state index is 11.8. The van der Waals surface area contributed by atoms with Crippen molar-refractivity contribution in [3.05, 3.63) is 11.6 Å². The Hall–Kier alpha value is -1.01. The average molecular weight is 471 g/mol. The number of unbranched alkanes of at least 4 members (excludes halogenated alkanes) is 11. The van der Waals surface area contributed by atoms with Gasteiger partial charge < -0.3 is 14.9 Å². The topological polar surface area (TPSA) is 83.8 Å². The van der Waals surface area contributed by atoms with Crippen molar-refractivity contribution in [2.24, 2.45) is 5.92 Å². The number of carboxylic acid groups (broad SMARTS) is 1. The van der Waals surface area contributed by atoms with Crippen LogP contribution in [0.5, 0.6) is 0 Å². The van der Waals surface area contributed by atoms with E-state index >= 15 is 0 Å². The largest absolute Gasteiger partial charge is 0.481 e. The van der Waals surface area contributed by atoms with Gasteiger partial charge in [-0.1, -0.05) is 82.8 Å². The number of aliphatic hydroxyl groups excluding tert-OH is 1. The maximum Gasteiger partial charge on any atom is 0.315 e. The number of aliphatic hydroxyl groups is 1. The van der Waals surface area contributed by atoms with E-state index in [2.05, 4.69) is 13.0 Å². The third kappa shape index (κ3) is 12.9. The molecule has 0 aromatic heterocycles. The number of hydrogen-bond acceptors (Lipinski definition) is 5. The van der Waals surface area contributed by atoms with Crippen molar-refractivity contribution < 1.29 is 24.5 Å². The van der Waals surface area contributed by atoms with Gasteiger partial charge >= 0.3 is 11.9 Å². The molecule has 32 heavy (non-hydrogen) atoms. The first-order chi connectivity index (χ1) is 15.5. The summed E-state index contributed by atoms with van der Waals surface area (Å²) in [5.41, 5.74) is 1.17. The van der Waals surface area contributed by atoms with Crippen LogP contribution in [0.4, 0.5) is 0 Å². The number of thioether (sulfide) groups is 1. The minimum Gasteiger partial charge on any atom is -0.481 e. The minimum absolute atomic E-state index is 0.0243. The van der Waals surface area contributed by atoms with Gasteiger partial charge in [0, 0.05) is 0 Å². The Balaban J connectivity index is 2.37. The van der Waals surface area contributed by atoms with Crippen LogP contribution in [0.25, 0.3) is 0 Å². The number of carbonyl (C=O) groups is 2. The summed E-state index contributed by atoms with van der Waals surface area (Å²) in [5, 5.41) is 19.7. The monoisotopic (exact) mass is 470 g/mol. The first kappa shape index (κ1) is 29.0.